The zero-order chi connectivity index (χ0) is 15.6. The van der Waals surface area contributed by atoms with Crippen molar-refractivity contribution in [2.45, 2.75) is 6.54 Å². The molecular formula is C17H21N3O2. The maximum atomic E-state index is 9.66. The molecule has 5 nitrogen and oxygen atoms in total. The predicted molar refractivity (Wildman–Crippen MR) is 87.2 cm³/mol. The SMILES string of the molecule is OCCN(CCN=Cc1ccccc1O)Cc1ccccn1. The lowest BCUT2D eigenvalue weighted by molar-refractivity contribution is 0.192. The number of aliphatic hydroxyl groups excluding tert-OH is 1. The van der Waals surface area contributed by atoms with Crippen molar-refractivity contribution in [3.05, 3.63) is 59.9 Å². The lowest BCUT2D eigenvalue weighted by Gasteiger charge is -2.19. The van der Waals surface area contributed by atoms with E-state index < -0.39 is 0 Å². The van der Waals surface area contributed by atoms with Crippen LogP contribution in [0.1, 0.15) is 11.3 Å². The number of benzene rings is 1. The maximum Gasteiger partial charge on any atom is 0.124 e. The normalized spacial score (nSPS) is 11.4. The molecule has 0 unspecified atom stereocenters. The summed E-state index contributed by atoms with van der Waals surface area (Å²) in [4.78, 5) is 10.7. The first kappa shape index (κ1) is 16.1. The fraction of sp³-hybridized carbons (Fsp3) is 0.294. The van der Waals surface area contributed by atoms with E-state index >= 15 is 0 Å². The fourth-order valence-electron chi connectivity index (χ4n) is 2.09. The second-order valence-electron chi connectivity index (χ2n) is 4.91. The Morgan fingerprint density at radius 1 is 1.09 bits per heavy atom. The molecule has 0 bridgehead atoms. The molecular weight excluding hydrogens is 278 g/mol. The van der Waals surface area contributed by atoms with Crippen LogP contribution in [0.3, 0.4) is 0 Å². The molecule has 116 valence electrons. The van der Waals surface area contributed by atoms with Crippen LogP contribution in [-0.4, -0.2) is 52.6 Å². The summed E-state index contributed by atoms with van der Waals surface area (Å²) < 4.78 is 0. The minimum atomic E-state index is 0.107. The first-order valence-corrected chi connectivity index (χ1v) is 7.30. The highest BCUT2D eigenvalue weighted by atomic mass is 16.3. The van der Waals surface area contributed by atoms with E-state index in [4.69, 9.17) is 5.11 Å². The predicted octanol–water partition coefficient (Wildman–Crippen LogP) is 1.70. The molecule has 0 aliphatic rings. The minimum absolute atomic E-state index is 0.107. The van der Waals surface area contributed by atoms with E-state index in [0.717, 1.165) is 12.2 Å². The maximum absolute atomic E-state index is 9.66. The van der Waals surface area contributed by atoms with Gasteiger partial charge in [0.2, 0.25) is 0 Å². The van der Waals surface area contributed by atoms with Gasteiger partial charge in [-0.1, -0.05) is 18.2 Å². The van der Waals surface area contributed by atoms with E-state index in [1.54, 1.807) is 24.5 Å². The molecule has 0 aliphatic carbocycles. The molecule has 0 aliphatic heterocycles. The number of rotatable bonds is 8. The number of phenols is 1. The molecule has 0 saturated heterocycles. The largest absolute Gasteiger partial charge is 0.507 e. The van der Waals surface area contributed by atoms with E-state index in [1.165, 1.54) is 0 Å². The standard InChI is InChI=1S/C17H21N3O2/c21-12-11-20(14-16-6-3-4-8-19-16)10-9-18-13-15-5-1-2-7-17(15)22/h1-8,13,21-22H,9-12,14H2. The average molecular weight is 299 g/mol. The van der Waals surface area contributed by atoms with Gasteiger partial charge in [0.25, 0.3) is 0 Å². The van der Waals surface area contributed by atoms with Gasteiger partial charge in [-0.15, -0.1) is 0 Å². The Bertz CT molecular complexity index is 587. The summed E-state index contributed by atoms with van der Waals surface area (Å²) in [5.74, 6) is 0.229. The zero-order valence-electron chi connectivity index (χ0n) is 12.5. The third-order valence-electron chi connectivity index (χ3n) is 3.24. The quantitative estimate of drug-likeness (QED) is 0.728. The van der Waals surface area contributed by atoms with Crippen molar-refractivity contribution in [2.24, 2.45) is 4.99 Å². The number of pyridine rings is 1. The third kappa shape index (κ3) is 5.27. The van der Waals surface area contributed by atoms with Gasteiger partial charge in [-0.3, -0.25) is 14.9 Å². The van der Waals surface area contributed by atoms with Crippen molar-refractivity contribution >= 4 is 6.21 Å². The Hall–Kier alpha value is -2.24. The lowest BCUT2D eigenvalue weighted by Crippen LogP contribution is -2.29. The zero-order valence-corrected chi connectivity index (χ0v) is 12.5. The number of aliphatic imine (C=N–C) groups is 1. The molecule has 1 aromatic carbocycles. The highest BCUT2D eigenvalue weighted by Gasteiger charge is 2.05. The Labute approximate surface area is 130 Å². The van der Waals surface area contributed by atoms with Crippen LogP contribution in [0, 0.1) is 0 Å². The Kier molecular flexibility index (Phi) is 6.54. The summed E-state index contributed by atoms with van der Waals surface area (Å²) >= 11 is 0. The van der Waals surface area contributed by atoms with Gasteiger partial charge in [0.1, 0.15) is 5.75 Å². The van der Waals surface area contributed by atoms with Crippen LogP contribution >= 0.6 is 0 Å². The van der Waals surface area contributed by atoms with Gasteiger partial charge in [0, 0.05) is 37.6 Å². The summed E-state index contributed by atoms with van der Waals surface area (Å²) in [6, 6.07) is 12.9. The van der Waals surface area contributed by atoms with Gasteiger partial charge in [-0.25, -0.2) is 0 Å². The highest BCUT2D eigenvalue weighted by molar-refractivity contribution is 5.83. The van der Waals surface area contributed by atoms with Crippen molar-refractivity contribution in [1.29, 1.82) is 0 Å². The van der Waals surface area contributed by atoms with Crippen LogP contribution in [0.2, 0.25) is 0 Å². The average Bonchev–Trinajstić information content (AvgIpc) is 2.54. The van der Waals surface area contributed by atoms with E-state index in [-0.39, 0.29) is 12.4 Å². The van der Waals surface area contributed by atoms with Gasteiger partial charge in [-0.05, 0) is 24.3 Å². The summed E-state index contributed by atoms with van der Waals surface area (Å²) in [5.41, 5.74) is 1.68. The molecule has 0 fully saturated rings. The molecule has 0 spiro atoms. The molecule has 0 atom stereocenters. The Balaban J connectivity index is 1.85. The van der Waals surface area contributed by atoms with E-state index in [2.05, 4.69) is 14.9 Å². The molecule has 1 aromatic heterocycles. The summed E-state index contributed by atoms with van der Waals surface area (Å²) in [7, 11) is 0. The third-order valence-corrected chi connectivity index (χ3v) is 3.24. The van der Waals surface area contributed by atoms with Crippen LogP contribution in [-0.2, 0) is 6.54 Å². The molecule has 0 saturated carbocycles. The van der Waals surface area contributed by atoms with E-state index in [9.17, 15) is 5.11 Å². The topological polar surface area (TPSA) is 69.0 Å². The highest BCUT2D eigenvalue weighted by Crippen LogP contribution is 2.12. The lowest BCUT2D eigenvalue weighted by atomic mass is 10.2. The van der Waals surface area contributed by atoms with Gasteiger partial charge in [-0.2, -0.15) is 0 Å². The molecule has 2 N–H and O–H groups in total. The molecule has 1 heterocycles. The van der Waals surface area contributed by atoms with Gasteiger partial charge in [0.05, 0.1) is 18.8 Å². The minimum Gasteiger partial charge on any atom is -0.507 e. The number of para-hydroxylation sites is 1. The van der Waals surface area contributed by atoms with Gasteiger partial charge < -0.3 is 10.2 Å². The first-order chi connectivity index (χ1) is 10.8. The number of nitrogens with zero attached hydrogens (tertiary/aromatic N) is 3. The molecule has 22 heavy (non-hydrogen) atoms. The van der Waals surface area contributed by atoms with Crippen LogP contribution in [0.5, 0.6) is 5.75 Å². The summed E-state index contributed by atoms with van der Waals surface area (Å²) in [6.45, 7) is 2.70. The smallest absolute Gasteiger partial charge is 0.124 e. The number of aliphatic hydroxyl groups is 1. The molecule has 2 aromatic rings. The monoisotopic (exact) mass is 299 g/mol. The summed E-state index contributed by atoms with van der Waals surface area (Å²) in [6.07, 6.45) is 3.44. The number of aromatic nitrogens is 1. The Morgan fingerprint density at radius 2 is 1.91 bits per heavy atom. The fourth-order valence-corrected chi connectivity index (χ4v) is 2.09. The van der Waals surface area contributed by atoms with Crippen molar-refractivity contribution in [3.63, 3.8) is 0 Å². The second-order valence-corrected chi connectivity index (χ2v) is 4.91. The van der Waals surface area contributed by atoms with E-state index in [1.807, 2.05) is 30.3 Å². The number of aromatic hydroxyl groups is 1. The number of hydrogen-bond acceptors (Lipinski definition) is 5. The second kappa shape index (κ2) is 8.92. The van der Waals surface area contributed by atoms with Gasteiger partial charge in [0.15, 0.2) is 0 Å². The molecule has 0 amide bonds. The first-order valence-electron chi connectivity index (χ1n) is 7.30. The van der Waals surface area contributed by atoms with Crippen molar-refractivity contribution in [2.75, 3.05) is 26.2 Å². The van der Waals surface area contributed by atoms with Crippen molar-refractivity contribution in [3.8, 4) is 5.75 Å². The summed E-state index contributed by atoms with van der Waals surface area (Å²) in [5, 5.41) is 18.8. The van der Waals surface area contributed by atoms with Crippen LogP contribution in [0.4, 0.5) is 0 Å². The molecule has 2 rings (SSSR count). The molecule has 5 heteroatoms. The van der Waals surface area contributed by atoms with Crippen molar-refractivity contribution in [1.82, 2.24) is 9.88 Å². The van der Waals surface area contributed by atoms with Crippen LogP contribution < -0.4 is 0 Å². The van der Waals surface area contributed by atoms with E-state index in [0.29, 0.717) is 25.2 Å². The van der Waals surface area contributed by atoms with Crippen molar-refractivity contribution < 1.29 is 10.2 Å². The number of hydrogen-bond donors (Lipinski definition) is 2. The molecule has 0 radical (unpaired) electrons. The Morgan fingerprint density at radius 3 is 2.64 bits per heavy atom. The van der Waals surface area contributed by atoms with Gasteiger partial charge >= 0.3 is 0 Å². The number of phenolic OH excluding ortho intramolecular Hbond substituents is 1. The van der Waals surface area contributed by atoms with Crippen LogP contribution in [0.25, 0.3) is 0 Å². The van der Waals surface area contributed by atoms with Crippen LogP contribution in [0.15, 0.2) is 53.7 Å².